The Balaban J connectivity index is 1.89. The van der Waals surface area contributed by atoms with Crippen molar-refractivity contribution < 1.29 is 13.5 Å². The first-order chi connectivity index (χ1) is 12.5. The van der Waals surface area contributed by atoms with Gasteiger partial charge < -0.3 is 15.8 Å². The molecule has 6 heteroatoms. The molecule has 0 aliphatic carbocycles. The Bertz CT molecular complexity index is 731. The molecule has 0 radical (unpaired) electrons. The molecule has 0 aliphatic heterocycles. The molecule has 2 rings (SSSR count). The standard InChI is InChI=1S/C20H25F2N3O/c1-14(21)25-13-17-11-16(12-19(26-2)20(17)23)8-10-24-9-7-15-3-5-18(22)6-4-15/h3-6,11-14,24H,7-10,23H2,1-2H3/b25-13+. The Hall–Kier alpha value is -2.47. The first-order valence-corrected chi connectivity index (χ1v) is 8.58. The minimum absolute atomic E-state index is 0.222. The van der Waals surface area contributed by atoms with Crippen LogP contribution in [0.5, 0.6) is 5.75 Å². The fourth-order valence-electron chi connectivity index (χ4n) is 2.55. The van der Waals surface area contributed by atoms with Crippen molar-refractivity contribution in [2.45, 2.75) is 26.1 Å². The normalized spacial score (nSPS) is 12.5. The molecule has 1 unspecified atom stereocenters. The molecular formula is C20H25F2N3O. The van der Waals surface area contributed by atoms with E-state index in [1.54, 1.807) is 19.2 Å². The van der Waals surface area contributed by atoms with Gasteiger partial charge >= 0.3 is 0 Å². The molecule has 0 saturated carbocycles. The Morgan fingerprint density at radius 1 is 1.15 bits per heavy atom. The zero-order chi connectivity index (χ0) is 18.9. The van der Waals surface area contributed by atoms with Crippen LogP contribution < -0.4 is 15.8 Å². The molecule has 0 spiro atoms. The first kappa shape index (κ1) is 19.8. The summed E-state index contributed by atoms with van der Waals surface area (Å²) in [6, 6.07) is 10.3. The van der Waals surface area contributed by atoms with E-state index < -0.39 is 6.30 Å². The molecule has 0 fully saturated rings. The Kier molecular flexibility index (Phi) is 7.53. The number of halogens is 2. The Labute approximate surface area is 153 Å². The summed E-state index contributed by atoms with van der Waals surface area (Å²) in [5, 5.41) is 3.36. The van der Waals surface area contributed by atoms with E-state index in [1.165, 1.54) is 25.3 Å². The molecule has 0 heterocycles. The predicted molar refractivity (Wildman–Crippen MR) is 102 cm³/mol. The van der Waals surface area contributed by atoms with Crippen LogP contribution in [0.25, 0.3) is 0 Å². The van der Waals surface area contributed by atoms with Crippen molar-refractivity contribution in [3.05, 3.63) is 58.9 Å². The summed E-state index contributed by atoms with van der Waals surface area (Å²) in [6.45, 7) is 2.93. The van der Waals surface area contributed by atoms with Crippen molar-refractivity contribution in [3.63, 3.8) is 0 Å². The maximum absolute atomic E-state index is 13.0. The molecule has 0 amide bonds. The number of benzene rings is 2. The number of nitrogens with two attached hydrogens (primary N) is 1. The third-order valence-electron chi connectivity index (χ3n) is 3.97. The van der Waals surface area contributed by atoms with Crippen LogP contribution in [0.15, 0.2) is 41.4 Å². The third-order valence-corrected chi connectivity index (χ3v) is 3.97. The highest BCUT2D eigenvalue weighted by Crippen LogP contribution is 2.26. The lowest BCUT2D eigenvalue weighted by Gasteiger charge is -2.12. The number of anilines is 1. The highest BCUT2D eigenvalue weighted by Gasteiger charge is 2.08. The maximum atomic E-state index is 13.0. The number of hydrogen-bond donors (Lipinski definition) is 2. The van der Waals surface area contributed by atoms with Crippen molar-refractivity contribution in [2.24, 2.45) is 4.99 Å². The molecule has 0 aliphatic rings. The van der Waals surface area contributed by atoms with Gasteiger partial charge in [-0.3, -0.25) is 4.99 Å². The van der Waals surface area contributed by atoms with E-state index in [-0.39, 0.29) is 5.82 Å². The minimum atomic E-state index is -1.28. The van der Waals surface area contributed by atoms with Crippen molar-refractivity contribution in [1.29, 1.82) is 0 Å². The van der Waals surface area contributed by atoms with Crippen LogP contribution in [0.4, 0.5) is 14.5 Å². The van der Waals surface area contributed by atoms with Crippen LogP contribution in [-0.2, 0) is 12.8 Å². The Morgan fingerprint density at radius 2 is 1.81 bits per heavy atom. The van der Waals surface area contributed by atoms with E-state index in [4.69, 9.17) is 10.5 Å². The van der Waals surface area contributed by atoms with Crippen LogP contribution >= 0.6 is 0 Å². The smallest absolute Gasteiger partial charge is 0.187 e. The van der Waals surface area contributed by atoms with E-state index in [0.29, 0.717) is 17.0 Å². The summed E-state index contributed by atoms with van der Waals surface area (Å²) in [4.78, 5) is 3.75. The molecule has 0 saturated heterocycles. The number of hydrogen-bond acceptors (Lipinski definition) is 4. The number of ether oxygens (including phenoxy) is 1. The second-order valence-corrected chi connectivity index (χ2v) is 6.03. The van der Waals surface area contributed by atoms with Gasteiger partial charge in [-0.2, -0.15) is 0 Å². The minimum Gasteiger partial charge on any atom is -0.495 e. The molecule has 2 aromatic carbocycles. The summed E-state index contributed by atoms with van der Waals surface area (Å²) in [7, 11) is 1.55. The zero-order valence-electron chi connectivity index (χ0n) is 15.1. The van der Waals surface area contributed by atoms with Gasteiger partial charge in [0.05, 0.1) is 12.8 Å². The average molecular weight is 361 g/mol. The first-order valence-electron chi connectivity index (χ1n) is 8.58. The van der Waals surface area contributed by atoms with Gasteiger partial charge in [0.15, 0.2) is 6.30 Å². The summed E-state index contributed by atoms with van der Waals surface area (Å²) < 4.78 is 31.1. The number of rotatable bonds is 9. The number of nitrogen functional groups attached to an aromatic ring is 1. The molecule has 3 N–H and O–H groups in total. The SMILES string of the molecule is COc1cc(CCNCCc2ccc(F)cc2)cc(/C=N/C(C)F)c1N. The lowest BCUT2D eigenvalue weighted by Crippen LogP contribution is -2.20. The van der Waals surface area contributed by atoms with Gasteiger partial charge in [0.1, 0.15) is 11.6 Å². The average Bonchev–Trinajstić information content (AvgIpc) is 2.62. The third kappa shape index (κ3) is 6.11. The molecule has 2 aromatic rings. The zero-order valence-corrected chi connectivity index (χ0v) is 15.1. The van der Waals surface area contributed by atoms with Gasteiger partial charge in [0.25, 0.3) is 0 Å². The lowest BCUT2D eigenvalue weighted by atomic mass is 10.1. The highest BCUT2D eigenvalue weighted by atomic mass is 19.1. The summed E-state index contributed by atoms with van der Waals surface area (Å²) in [5.74, 6) is 0.335. The molecule has 26 heavy (non-hydrogen) atoms. The fraction of sp³-hybridized carbons (Fsp3) is 0.350. The molecule has 140 valence electrons. The fourth-order valence-corrected chi connectivity index (χ4v) is 2.55. The summed E-state index contributed by atoms with van der Waals surface area (Å²) >= 11 is 0. The Morgan fingerprint density at radius 3 is 2.42 bits per heavy atom. The van der Waals surface area contributed by atoms with Crippen LogP contribution in [0.2, 0.25) is 0 Å². The van der Waals surface area contributed by atoms with E-state index >= 15 is 0 Å². The van der Waals surface area contributed by atoms with E-state index in [9.17, 15) is 8.78 Å². The van der Waals surface area contributed by atoms with Gasteiger partial charge in [0, 0.05) is 11.8 Å². The molecular weight excluding hydrogens is 336 g/mol. The number of alkyl halides is 1. The lowest BCUT2D eigenvalue weighted by molar-refractivity contribution is 0.377. The van der Waals surface area contributed by atoms with Crippen LogP contribution in [-0.4, -0.2) is 32.7 Å². The molecule has 4 nitrogen and oxygen atoms in total. The summed E-state index contributed by atoms with van der Waals surface area (Å²) in [6.07, 6.45) is 1.76. The second-order valence-electron chi connectivity index (χ2n) is 6.03. The van der Waals surface area contributed by atoms with Crippen molar-refractivity contribution in [3.8, 4) is 5.75 Å². The highest BCUT2D eigenvalue weighted by molar-refractivity contribution is 5.89. The molecule has 0 bridgehead atoms. The number of methoxy groups -OCH3 is 1. The van der Waals surface area contributed by atoms with E-state index in [2.05, 4.69) is 10.3 Å². The number of nitrogens with one attached hydrogen (secondary N) is 1. The van der Waals surface area contributed by atoms with Crippen LogP contribution in [0.1, 0.15) is 23.6 Å². The van der Waals surface area contributed by atoms with Gasteiger partial charge in [-0.1, -0.05) is 12.1 Å². The predicted octanol–water partition coefficient (Wildman–Crippen LogP) is 3.53. The van der Waals surface area contributed by atoms with Crippen molar-refractivity contribution >= 4 is 11.9 Å². The topological polar surface area (TPSA) is 59.6 Å². The van der Waals surface area contributed by atoms with E-state index in [0.717, 1.165) is 37.1 Å². The second kappa shape index (κ2) is 9.87. The maximum Gasteiger partial charge on any atom is 0.187 e. The molecule has 0 aromatic heterocycles. The van der Waals surface area contributed by atoms with Crippen LogP contribution in [0.3, 0.4) is 0 Å². The quantitative estimate of drug-likeness (QED) is 0.311. The van der Waals surface area contributed by atoms with Gasteiger partial charge in [0.2, 0.25) is 0 Å². The van der Waals surface area contributed by atoms with Crippen molar-refractivity contribution in [1.82, 2.24) is 5.32 Å². The summed E-state index contributed by atoms with van der Waals surface area (Å²) in [5.41, 5.74) is 9.23. The number of nitrogens with zero attached hydrogens (tertiary/aromatic N) is 1. The van der Waals surface area contributed by atoms with E-state index in [1.807, 2.05) is 12.1 Å². The largest absolute Gasteiger partial charge is 0.495 e. The van der Waals surface area contributed by atoms with Gasteiger partial charge in [-0.25, -0.2) is 8.78 Å². The van der Waals surface area contributed by atoms with Gasteiger partial charge in [-0.15, -0.1) is 0 Å². The molecule has 1 atom stereocenters. The number of aliphatic imine (C=N–C) groups is 1. The monoisotopic (exact) mass is 361 g/mol. The van der Waals surface area contributed by atoms with Crippen LogP contribution in [0, 0.1) is 5.82 Å². The van der Waals surface area contributed by atoms with Gasteiger partial charge in [-0.05, 0) is 68.2 Å². The van der Waals surface area contributed by atoms with Crippen molar-refractivity contribution in [2.75, 3.05) is 25.9 Å².